The van der Waals surface area contributed by atoms with E-state index in [-0.39, 0.29) is 12.0 Å². The Bertz CT molecular complexity index is 1260. The maximum atomic E-state index is 5.55. The molecule has 1 atom stereocenters. The summed E-state index contributed by atoms with van der Waals surface area (Å²) in [6.45, 7) is 12.3. The van der Waals surface area contributed by atoms with Crippen molar-refractivity contribution in [3.8, 4) is 16.9 Å². The van der Waals surface area contributed by atoms with Gasteiger partial charge in [0.15, 0.2) is 11.5 Å². The number of nitrogens with one attached hydrogen (secondary N) is 1. The van der Waals surface area contributed by atoms with Gasteiger partial charge in [0.25, 0.3) is 0 Å². The number of aryl methyl sites for hydroxylation is 3. The van der Waals surface area contributed by atoms with Crippen molar-refractivity contribution in [2.24, 2.45) is 0 Å². The Kier molecular flexibility index (Phi) is 5.86. The van der Waals surface area contributed by atoms with Gasteiger partial charge in [-0.05, 0) is 50.5 Å². The maximum absolute atomic E-state index is 5.55. The normalized spacial score (nSPS) is 12.5. The Balaban J connectivity index is 1.79. The average Bonchev–Trinajstić information content (AvgIpc) is 3.37. The summed E-state index contributed by atoms with van der Waals surface area (Å²) >= 11 is 0. The topological polar surface area (TPSA) is 90.4 Å². The highest BCUT2D eigenvalue weighted by Crippen LogP contribution is 2.34. The van der Waals surface area contributed by atoms with E-state index in [1.807, 2.05) is 50.4 Å². The number of aromatic nitrogens is 5. The zero-order valence-electron chi connectivity index (χ0n) is 19.7. The van der Waals surface area contributed by atoms with Crippen molar-refractivity contribution in [1.82, 2.24) is 24.7 Å². The molecular formula is C24H30N6O2. The number of benzene rings is 1. The number of hydrogen-bond acceptors (Lipinski definition) is 7. The summed E-state index contributed by atoms with van der Waals surface area (Å²) in [4.78, 5) is 9.41. The highest BCUT2D eigenvalue weighted by atomic mass is 16.5. The zero-order chi connectivity index (χ0) is 23.0. The highest BCUT2D eigenvalue weighted by molar-refractivity contribution is 5.83. The van der Waals surface area contributed by atoms with Crippen molar-refractivity contribution in [2.45, 2.75) is 59.9 Å². The van der Waals surface area contributed by atoms with Gasteiger partial charge in [0, 0.05) is 23.2 Å². The lowest BCUT2D eigenvalue weighted by atomic mass is 10.0. The zero-order valence-corrected chi connectivity index (χ0v) is 19.7. The largest absolute Gasteiger partial charge is 0.497 e. The SMILES string of the molecule is CCC(Nc1cc(C)nc2c(-c3ccc(OC)cc3C)c(C)nn12)c1nc(C(C)C)no1. The molecule has 0 radical (unpaired) electrons. The summed E-state index contributed by atoms with van der Waals surface area (Å²) in [5.41, 5.74) is 5.83. The number of anilines is 1. The minimum absolute atomic E-state index is 0.129. The van der Waals surface area contributed by atoms with Crippen LogP contribution in [0.3, 0.4) is 0 Å². The third kappa shape index (κ3) is 3.92. The number of rotatable bonds is 7. The number of hydrogen-bond donors (Lipinski definition) is 1. The Hall–Kier alpha value is -3.42. The highest BCUT2D eigenvalue weighted by Gasteiger charge is 2.22. The fourth-order valence-corrected chi connectivity index (χ4v) is 3.85. The van der Waals surface area contributed by atoms with Gasteiger partial charge < -0.3 is 14.6 Å². The lowest BCUT2D eigenvalue weighted by Crippen LogP contribution is -2.14. The van der Waals surface area contributed by atoms with E-state index in [0.717, 1.165) is 51.7 Å². The van der Waals surface area contributed by atoms with E-state index in [9.17, 15) is 0 Å². The van der Waals surface area contributed by atoms with E-state index in [1.165, 1.54) is 0 Å². The number of ether oxygens (including phenoxy) is 1. The van der Waals surface area contributed by atoms with Crippen LogP contribution in [0.25, 0.3) is 16.8 Å². The van der Waals surface area contributed by atoms with Crippen LogP contribution in [-0.4, -0.2) is 31.8 Å². The van der Waals surface area contributed by atoms with E-state index in [0.29, 0.717) is 11.7 Å². The van der Waals surface area contributed by atoms with Crippen LogP contribution in [0.15, 0.2) is 28.8 Å². The molecule has 0 saturated heterocycles. The van der Waals surface area contributed by atoms with Crippen LogP contribution in [0.5, 0.6) is 5.75 Å². The minimum atomic E-state index is -0.129. The van der Waals surface area contributed by atoms with Crippen LogP contribution in [0.4, 0.5) is 5.82 Å². The monoisotopic (exact) mass is 434 g/mol. The fraction of sp³-hybridized carbons (Fsp3) is 0.417. The lowest BCUT2D eigenvalue weighted by Gasteiger charge is -2.16. The van der Waals surface area contributed by atoms with E-state index in [2.05, 4.69) is 35.4 Å². The molecule has 0 amide bonds. The Labute approximate surface area is 188 Å². The Morgan fingerprint density at radius 1 is 1.12 bits per heavy atom. The molecule has 3 heterocycles. The molecule has 1 aromatic carbocycles. The molecule has 0 fully saturated rings. The van der Waals surface area contributed by atoms with Gasteiger partial charge in [-0.1, -0.05) is 32.0 Å². The molecule has 4 aromatic rings. The van der Waals surface area contributed by atoms with E-state index in [4.69, 9.17) is 19.3 Å². The number of fused-ring (bicyclic) bond motifs is 1. The van der Waals surface area contributed by atoms with Gasteiger partial charge in [-0.3, -0.25) is 0 Å². The average molecular weight is 435 g/mol. The van der Waals surface area contributed by atoms with Crippen LogP contribution in [0.2, 0.25) is 0 Å². The summed E-state index contributed by atoms with van der Waals surface area (Å²) in [5.74, 6) is 3.17. The minimum Gasteiger partial charge on any atom is -0.497 e. The third-order valence-electron chi connectivity index (χ3n) is 5.60. The first-order chi connectivity index (χ1) is 15.3. The first kappa shape index (κ1) is 21.8. The van der Waals surface area contributed by atoms with Crippen molar-refractivity contribution in [2.75, 3.05) is 12.4 Å². The second kappa shape index (κ2) is 8.61. The summed E-state index contributed by atoms with van der Waals surface area (Å²) in [6.07, 6.45) is 0.785. The van der Waals surface area contributed by atoms with Crippen LogP contribution < -0.4 is 10.1 Å². The third-order valence-corrected chi connectivity index (χ3v) is 5.60. The first-order valence-electron chi connectivity index (χ1n) is 10.9. The van der Waals surface area contributed by atoms with Crippen molar-refractivity contribution >= 4 is 11.5 Å². The molecule has 168 valence electrons. The van der Waals surface area contributed by atoms with Crippen LogP contribution in [0, 0.1) is 20.8 Å². The van der Waals surface area contributed by atoms with Crippen molar-refractivity contribution in [3.63, 3.8) is 0 Å². The molecule has 4 rings (SSSR count). The van der Waals surface area contributed by atoms with Crippen LogP contribution in [0.1, 0.15) is 67.8 Å². The lowest BCUT2D eigenvalue weighted by molar-refractivity contribution is 0.353. The van der Waals surface area contributed by atoms with Crippen molar-refractivity contribution in [1.29, 1.82) is 0 Å². The van der Waals surface area contributed by atoms with E-state index in [1.54, 1.807) is 7.11 Å². The van der Waals surface area contributed by atoms with Crippen LogP contribution >= 0.6 is 0 Å². The van der Waals surface area contributed by atoms with Crippen molar-refractivity contribution < 1.29 is 9.26 Å². The van der Waals surface area contributed by atoms with Gasteiger partial charge in [0.1, 0.15) is 17.6 Å². The standard InChI is InChI=1S/C24H30N6O2/c1-8-19(24-27-22(13(2)3)29-32-24)26-20-12-15(5)25-23-21(16(6)28-30(20)23)18-10-9-17(31-7)11-14(18)4/h9-13,19,26H,8H2,1-7H3. The van der Waals surface area contributed by atoms with E-state index >= 15 is 0 Å². The molecule has 0 bridgehead atoms. The molecule has 0 saturated carbocycles. The molecule has 0 spiro atoms. The second-order valence-corrected chi connectivity index (χ2v) is 8.41. The summed E-state index contributed by atoms with van der Waals surface area (Å²) in [5, 5.41) is 12.5. The van der Waals surface area contributed by atoms with Gasteiger partial charge >= 0.3 is 0 Å². The van der Waals surface area contributed by atoms with Crippen molar-refractivity contribution in [3.05, 3.63) is 52.9 Å². The van der Waals surface area contributed by atoms with Gasteiger partial charge in [0.05, 0.1) is 12.8 Å². The molecule has 32 heavy (non-hydrogen) atoms. The van der Waals surface area contributed by atoms with E-state index < -0.39 is 0 Å². The van der Waals surface area contributed by atoms with Crippen LogP contribution in [-0.2, 0) is 0 Å². The molecule has 1 unspecified atom stereocenters. The number of nitrogens with zero attached hydrogens (tertiary/aromatic N) is 5. The molecule has 3 aromatic heterocycles. The molecule has 0 aliphatic carbocycles. The quantitative estimate of drug-likeness (QED) is 0.416. The fourth-order valence-electron chi connectivity index (χ4n) is 3.85. The van der Waals surface area contributed by atoms with Gasteiger partial charge in [-0.15, -0.1) is 0 Å². The summed E-state index contributed by atoms with van der Waals surface area (Å²) < 4.78 is 12.8. The molecule has 0 aliphatic rings. The van der Waals surface area contributed by atoms with Gasteiger partial charge in [-0.25, -0.2) is 4.98 Å². The molecule has 8 nitrogen and oxygen atoms in total. The maximum Gasteiger partial charge on any atom is 0.249 e. The second-order valence-electron chi connectivity index (χ2n) is 8.41. The predicted octanol–water partition coefficient (Wildman–Crippen LogP) is 5.40. The summed E-state index contributed by atoms with van der Waals surface area (Å²) in [6, 6.07) is 7.93. The molecular weight excluding hydrogens is 404 g/mol. The predicted molar refractivity (Wildman–Crippen MR) is 124 cm³/mol. The molecule has 8 heteroatoms. The van der Waals surface area contributed by atoms with Gasteiger partial charge in [0.2, 0.25) is 5.89 Å². The number of methoxy groups -OCH3 is 1. The molecule has 0 aliphatic heterocycles. The first-order valence-corrected chi connectivity index (χ1v) is 10.9. The van der Waals surface area contributed by atoms with Gasteiger partial charge in [-0.2, -0.15) is 14.6 Å². The summed E-state index contributed by atoms with van der Waals surface area (Å²) in [7, 11) is 1.68. The Morgan fingerprint density at radius 3 is 2.53 bits per heavy atom. The smallest absolute Gasteiger partial charge is 0.249 e. The molecule has 1 N–H and O–H groups in total. The Morgan fingerprint density at radius 2 is 1.91 bits per heavy atom.